The zero-order valence-electron chi connectivity index (χ0n) is 8.74. The Morgan fingerprint density at radius 3 is 2.47 bits per heavy atom. The fraction of sp³-hybridized carbons (Fsp3) is 0.250. The molecule has 0 bridgehead atoms. The minimum atomic E-state index is -0.898. The summed E-state index contributed by atoms with van der Waals surface area (Å²) in [6.07, 6.45) is 0. The Kier molecular flexibility index (Phi) is 3.48. The molecular formula is C12H13NO2. The van der Waals surface area contributed by atoms with Gasteiger partial charge in [0.05, 0.1) is 0 Å². The Morgan fingerprint density at radius 2 is 1.93 bits per heavy atom. The van der Waals surface area contributed by atoms with Crippen LogP contribution in [0.15, 0.2) is 30.3 Å². The topological polar surface area (TPSA) is 49.3 Å². The van der Waals surface area contributed by atoms with Crippen LogP contribution in [0.2, 0.25) is 0 Å². The quantitative estimate of drug-likeness (QED) is 0.413. The number of carbonyl (C=O) groups excluding carboxylic acids is 1. The molecule has 0 aromatic heterocycles. The van der Waals surface area contributed by atoms with Crippen molar-refractivity contribution in [1.82, 2.24) is 5.48 Å². The van der Waals surface area contributed by atoms with E-state index in [1.165, 1.54) is 0 Å². The molecule has 0 saturated carbocycles. The maximum absolute atomic E-state index is 11.2. The molecule has 3 heteroatoms. The fourth-order valence-electron chi connectivity index (χ4n) is 0.946. The van der Waals surface area contributed by atoms with E-state index in [-0.39, 0.29) is 0 Å². The average Bonchev–Trinajstić information content (AvgIpc) is 2.27. The van der Waals surface area contributed by atoms with Crippen LogP contribution >= 0.6 is 0 Å². The van der Waals surface area contributed by atoms with Gasteiger partial charge in [-0.3, -0.25) is 10.0 Å². The normalized spacial score (nSPS) is 10.1. The lowest BCUT2D eigenvalue weighted by Gasteiger charge is -2.13. The molecule has 0 aliphatic carbocycles. The van der Waals surface area contributed by atoms with Gasteiger partial charge in [0.15, 0.2) is 0 Å². The highest BCUT2D eigenvalue weighted by atomic mass is 16.5. The molecule has 3 nitrogen and oxygen atoms in total. The predicted octanol–water partition coefficient (Wildman–Crippen LogP) is 1.57. The third kappa shape index (κ3) is 3.12. The van der Waals surface area contributed by atoms with Crippen LogP contribution in [0.3, 0.4) is 0 Å². The van der Waals surface area contributed by atoms with Crippen molar-refractivity contribution < 1.29 is 10.0 Å². The first-order valence-corrected chi connectivity index (χ1v) is 4.59. The molecule has 0 heterocycles. The van der Waals surface area contributed by atoms with E-state index in [1.807, 2.05) is 30.3 Å². The highest BCUT2D eigenvalue weighted by Gasteiger charge is 2.24. The van der Waals surface area contributed by atoms with E-state index in [0.717, 1.165) is 5.56 Å². The third-order valence-electron chi connectivity index (χ3n) is 1.96. The minimum absolute atomic E-state index is 0.508. The van der Waals surface area contributed by atoms with E-state index >= 15 is 0 Å². The van der Waals surface area contributed by atoms with Crippen LogP contribution in [0.4, 0.5) is 0 Å². The summed E-state index contributed by atoms with van der Waals surface area (Å²) >= 11 is 0. The summed E-state index contributed by atoms with van der Waals surface area (Å²) in [7, 11) is 0. The highest BCUT2D eigenvalue weighted by Crippen LogP contribution is 2.13. The van der Waals surface area contributed by atoms with E-state index in [1.54, 1.807) is 19.3 Å². The molecule has 1 amide bonds. The summed E-state index contributed by atoms with van der Waals surface area (Å²) in [5.41, 5.74) is 1.55. The Morgan fingerprint density at radius 1 is 1.33 bits per heavy atom. The van der Waals surface area contributed by atoms with Crippen molar-refractivity contribution in [3.8, 4) is 11.8 Å². The van der Waals surface area contributed by atoms with Gasteiger partial charge in [0, 0.05) is 5.56 Å². The van der Waals surface area contributed by atoms with Gasteiger partial charge in [0.25, 0.3) is 5.91 Å². The Hall–Kier alpha value is -1.79. The molecule has 1 aromatic rings. The zero-order chi connectivity index (χ0) is 11.3. The Balaban J connectivity index is 2.86. The van der Waals surface area contributed by atoms with Crippen LogP contribution in [-0.4, -0.2) is 11.1 Å². The van der Waals surface area contributed by atoms with Crippen molar-refractivity contribution in [3.05, 3.63) is 35.9 Å². The molecule has 0 aliphatic rings. The number of hydrogen-bond acceptors (Lipinski definition) is 2. The number of nitrogens with one attached hydrogen (secondary N) is 1. The molecule has 0 saturated heterocycles. The smallest absolute Gasteiger partial charge is 0.261 e. The van der Waals surface area contributed by atoms with Gasteiger partial charge in [-0.25, -0.2) is 5.48 Å². The van der Waals surface area contributed by atoms with Gasteiger partial charge in [0.2, 0.25) is 0 Å². The molecule has 1 aromatic carbocycles. The number of hydrogen-bond donors (Lipinski definition) is 2. The zero-order valence-corrected chi connectivity index (χ0v) is 8.74. The van der Waals surface area contributed by atoms with Crippen molar-refractivity contribution in [2.24, 2.45) is 5.41 Å². The van der Waals surface area contributed by atoms with Gasteiger partial charge in [-0.05, 0) is 26.0 Å². The van der Waals surface area contributed by atoms with Crippen molar-refractivity contribution >= 4 is 5.91 Å². The molecule has 15 heavy (non-hydrogen) atoms. The van der Waals surface area contributed by atoms with Gasteiger partial charge < -0.3 is 0 Å². The molecule has 0 atom stereocenters. The van der Waals surface area contributed by atoms with Gasteiger partial charge in [-0.2, -0.15) is 0 Å². The second kappa shape index (κ2) is 4.63. The molecule has 0 spiro atoms. The summed E-state index contributed by atoms with van der Waals surface area (Å²) in [6.45, 7) is 3.29. The first-order valence-electron chi connectivity index (χ1n) is 4.59. The van der Waals surface area contributed by atoms with Crippen LogP contribution in [0, 0.1) is 17.3 Å². The van der Waals surface area contributed by atoms with Gasteiger partial charge in [-0.15, -0.1) is 0 Å². The van der Waals surface area contributed by atoms with E-state index in [2.05, 4.69) is 11.8 Å². The van der Waals surface area contributed by atoms with Crippen LogP contribution in [0.1, 0.15) is 19.4 Å². The largest absolute Gasteiger partial charge is 0.289 e. The fourth-order valence-corrected chi connectivity index (χ4v) is 0.946. The van der Waals surface area contributed by atoms with E-state index in [9.17, 15) is 4.79 Å². The van der Waals surface area contributed by atoms with E-state index < -0.39 is 11.3 Å². The molecule has 78 valence electrons. The highest BCUT2D eigenvalue weighted by molar-refractivity contribution is 5.84. The molecule has 0 fully saturated rings. The molecule has 0 unspecified atom stereocenters. The summed E-state index contributed by atoms with van der Waals surface area (Å²) < 4.78 is 0. The standard InChI is InChI=1S/C12H13NO2/c1-12(2,11(14)13-15)9-8-10-6-4-3-5-7-10/h3-7,15H,1-2H3,(H,13,14). The molecule has 2 N–H and O–H groups in total. The van der Waals surface area contributed by atoms with Crippen molar-refractivity contribution in [2.45, 2.75) is 13.8 Å². The predicted molar refractivity (Wildman–Crippen MR) is 57.0 cm³/mol. The van der Waals surface area contributed by atoms with Crippen molar-refractivity contribution in [3.63, 3.8) is 0 Å². The first-order chi connectivity index (χ1) is 7.06. The maximum atomic E-state index is 11.2. The summed E-state index contributed by atoms with van der Waals surface area (Å²) in [5, 5.41) is 8.50. The minimum Gasteiger partial charge on any atom is -0.289 e. The molecule has 0 aliphatic heterocycles. The van der Waals surface area contributed by atoms with E-state index in [4.69, 9.17) is 5.21 Å². The Bertz CT molecular complexity index is 399. The SMILES string of the molecule is CC(C)(C#Cc1ccccc1)C(=O)NO. The lowest BCUT2D eigenvalue weighted by Crippen LogP contribution is -2.33. The van der Waals surface area contributed by atoms with Gasteiger partial charge >= 0.3 is 0 Å². The van der Waals surface area contributed by atoms with Crippen LogP contribution < -0.4 is 5.48 Å². The second-order valence-corrected chi connectivity index (χ2v) is 3.68. The van der Waals surface area contributed by atoms with Gasteiger partial charge in [-0.1, -0.05) is 30.0 Å². The number of hydroxylamine groups is 1. The second-order valence-electron chi connectivity index (χ2n) is 3.68. The summed E-state index contributed by atoms with van der Waals surface area (Å²) in [6, 6.07) is 9.38. The number of rotatable bonds is 1. The summed E-state index contributed by atoms with van der Waals surface area (Å²) in [4.78, 5) is 11.2. The average molecular weight is 203 g/mol. The van der Waals surface area contributed by atoms with Crippen LogP contribution in [-0.2, 0) is 4.79 Å². The molecule has 0 radical (unpaired) electrons. The Labute approximate surface area is 89.1 Å². The van der Waals surface area contributed by atoms with E-state index in [0.29, 0.717) is 0 Å². The molecular weight excluding hydrogens is 190 g/mol. The van der Waals surface area contributed by atoms with Crippen molar-refractivity contribution in [2.75, 3.05) is 0 Å². The number of amides is 1. The number of benzene rings is 1. The summed E-state index contributed by atoms with van der Waals surface area (Å²) in [5.74, 6) is 5.17. The van der Waals surface area contributed by atoms with Crippen molar-refractivity contribution in [1.29, 1.82) is 0 Å². The first kappa shape index (κ1) is 11.3. The maximum Gasteiger partial charge on any atom is 0.261 e. The molecule has 1 rings (SSSR count). The van der Waals surface area contributed by atoms with Gasteiger partial charge in [0.1, 0.15) is 5.41 Å². The lowest BCUT2D eigenvalue weighted by molar-refractivity contribution is -0.135. The van der Waals surface area contributed by atoms with Crippen LogP contribution in [0.25, 0.3) is 0 Å². The lowest BCUT2D eigenvalue weighted by atomic mass is 9.93. The number of carbonyl (C=O) groups is 1. The van der Waals surface area contributed by atoms with Crippen LogP contribution in [0.5, 0.6) is 0 Å². The monoisotopic (exact) mass is 203 g/mol. The third-order valence-corrected chi connectivity index (χ3v) is 1.96.